The van der Waals surface area contributed by atoms with Crippen molar-refractivity contribution in [3.8, 4) is 28.4 Å². The minimum Gasteiger partial charge on any atom is -0.508 e. The Hall–Kier alpha value is -3.69. The number of nitrogens with one attached hydrogen (secondary N) is 3. The topological polar surface area (TPSA) is 113 Å². The van der Waals surface area contributed by atoms with Gasteiger partial charge in [-0.2, -0.15) is 5.10 Å². The van der Waals surface area contributed by atoms with E-state index >= 15 is 0 Å². The number of phenols is 1. The van der Waals surface area contributed by atoms with Crippen molar-refractivity contribution in [3.63, 3.8) is 0 Å². The molecule has 9 nitrogen and oxygen atoms in total. The lowest BCUT2D eigenvalue weighted by Crippen LogP contribution is -2.58. The smallest absolute Gasteiger partial charge is 0.240 e. The Morgan fingerprint density at radius 1 is 1.22 bits per heavy atom. The molecule has 192 valence electrons. The van der Waals surface area contributed by atoms with Gasteiger partial charge in [-0.3, -0.25) is 14.8 Å². The maximum absolute atomic E-state index is 13.4. The van der Waals surface area contributed by atoms with Crippen LogP contribution in [0, 0.1) is 0 Å². The Morgan fingerprint density at radius 3 is 2.89 bits per heavy atom. The predicted molar refractivity (Wildman–Crippen MR) is 143 cm³/mol. The molecule has 2 atom stereocenters. The summed E-state index contributed by atoms with van der Waals surface area (Å²) in [5, 5.41) is 22.0. The van der Waals surface area contributed by atoms with Crippen molar-refractivity contribution in [1.82, 2.24) is 35.3 Å². The first kappa shape index (κ1) is 23.7. The number of phenolic OH excluding ortho intramolecular Hbond substituents is 1. The van der Waals surface area contributed by atoms with E-state index < -0.39 is 0 Å². The zero-order valence-electron chi connectivity index (χ0n) is 21.5. The van der Waals surface area contributed by atoms with Crippen LogP contribution in [0.2, 0.25) is 0 Å². The second kappa shape index (κ2) is 9.32. The fraction of sp³-hybridized carbons (Fsp3) is 0.393. The fourth-order valence-electron chi connectivity index (χ4n) is 5.71. The number of fused-ring (bicyclic) bond motifs is 2. The normalized spacial score (nSPS) is 20.4. The van der Waals surface area contributed by atoms with E-state index in [-0.39, 0.29) is 23.7 Å². The molecule has 4 N–H and O–H groups in total. The number of imidazole rings is 1. The van der Waals surface area contributed by atoms with Gasteiger partial charge < -0.3 is 20.3 Å². The number of amides is 1. The average Bonchev–Trinajstić information content (AvgIpc) is 3.51. The van der Waals surface area contributed by atoms with Crippen LogP contribution in [0.3, 0.4) is 0 Å². The maximum Gasteiger partial charge on any atom is 0.240 e. The van der Waals surface area contributed by atoms with Crippen LogP contribution in [-0.2, 0) is 24.2 Å². The summed E-state index contributed by atoms with van der Waals surface area (Å²) >= 11 is 0. The van der Waals surface area contributed by atoms with Crippen LogP contribution >= 0.6 is 0 Å². The Labute approximate surface area is 215 Å². The van der Waals surface area contributed by atoms with Gasteiger partial charge in [-0.25, -0.2) is 4.98 Å². The number of nitrogens with zero attached hydrogens (tertiary/aromatic N) is 4. The van der Waals surface area contributed by atoms with E-state index in [0.29, 0.717) is 13.0 Å². The van der Waals surface area contributed by atoms with Crippen molar-refractivity contribution >= 4 is 16.8 Å². The lowest BCUT2D eigenvalue weighted by molar-refractivity contribution is -0.140. The molecule has 9 heteroatoms. The number of aromatic amines is 2. The third-order valence-electron chi connectivity index (χ3n) is 7.83. The van der Waals surface area contributed by atoms with Crippen LogP contribution in [0.15, 0.2) is 36.4 Å². The van der Waals surface area contributed by atoms with Crippen molar-refractivity contribution in [2.75, 3.05) is 26.7 Å². The monoisotopic (exact) mass is 499 g/mol. The van der Waals surface area contributed by atoms with E-state index in [0.717, 1.165) is 76.6 Å². The van der Waals surface area contributed by atoms with Gasteiger partial charge in [-0.05, 0) is 61.3 Å². The number of aryl methyl sites for hydroxylation is 1. The van der Waals surface area contributed by atoms with Gasteiger partial charge in [-0.15, -0.1) is 0 Å². The van der Waals surface area contributed by atoms with Crippen LogP contribution in [0.5, 0.6) is 5.75 Å². The van der Waals surface area contributed by atoms with E-state index in [1.165, 1.54) is 0 Å². The Morgan fingerprint density at radius 2 is 2.08 bits per heavy atom. The molecular weight excluding hydrogens is 466 g/mol. The predicted octanol–water partition coefficient (Wildman–Crippen LogP) is 3.06. The van der Waals surface area contributed by atoms with Crippen LogP contribution in [-0.4, -0.2) is 79.7 Å². The SMILES string of the molecule is CCc1cc(O)ccc1-c1ccc2c(-c3nc4c([nH]3)CN(C)[C@H](C(=O)N3CCNC[C@@H]3C)C4)n[nH]c2c1. The van der Waals surface area contributed by atoms with Crippen molar-refractivity contribution in [2.24, 2.45) is 0 Å². The van der Waals surface area contributed by atoms with Crippen LogP contribution < -0.4 is 5.32 Å². The average molecular weight is 500 g/mol. The Bertz CT molecular complexity index is 1470. The molecule has 37 heavy (non-hydrogen) atoms. The summed E-state index contributed by atoms with van der Waals surface area (Å²) in [6.07, 6.45) is 1.42. The summed E-state index contributed by atoms with van der Waals surface area (Å²) < 4.78 is 0. The van der Waals surface area contributed by atoms with Gasteiger partial charge in [0.2, 0.25) is 5.91 Å². The highest BCUT2D eigenvalue weighted by atomic mass is 16.3. The standard InChI is InChI=1S/C28H33N7O2/c1-4-17-11-19(36)6-8-20(17)18-5-7-21-22(12-18)32-33-26(21)27-30-23-13-25(34(3)15-24(23)31-27)28(37)35-10-9-29-14-16(35)2/h5-8,11-12,16,25,29,36H,4,9-10,13-15H2,1-3H3,(H,30,31)(H,32,33)/t16-,25-/m0/s1. The van der Waals surface area contributed by atoms with Crippen molar-refractivity contribution < 1.29 is 9.90 Å². The van der Waals surface area contributed by atoms with Crippen molar-refractivity contribution in [1.29, 1.82) is 0 Å². The molecule has 1 saturated heterocycles. The first-order valence-corrected chi connectivity index (χ1v) is 13.0. The Kier molecular flexibility index (Phi) is 5.97. The van der Waals surface area contributed by atoms with E-state index in [4.69, 9.17) is 4.98 Å². The van der Waals surface area contributed by atoms with Gasteiger partial charge in [0.1, 0.15) is 11.4 Å². The number of aromatic nitrogens is 4. The fourth-order valence-corrected chi connectivity index (χ4v) is 5.71. The van der Waals surface area contributed by atoms with E-state index in [1.807, 2.05) is 24.1 Å². The molecule has 1 fully saturated rings. The number of likely N-dealkylation sites (N-methyl/N-ethyl adjacent to an activating group) is 1. The number of hydrogen-bond donors (Lipinski definition) is 4. The lowest BCUT2D eigenvalue weighted by atomic mass is 9.97. The molecule has 2 aromatic carbocycles. The molecule has 2 aliphatic heterocycles. The van der Waals surface area contributed by atoms with Crippen molar-refractivity contribution in [3.05, 3.63) is 53.3 Å². The second-order valence-electron chi connectivity index (χ2n) is 10.3. The zero-order valence-corrected chi connectivity index (χ0v) is 21.5. The highest BCUT2D eigenvalue weighted by Crippen LogP contribution is 2.33. The molecule has 1 amide bonds. The molecule has 0 saturated carbocycles. The van der Waals surface area contributed by atoms with E-state index in [9.17, 15) is 9.90 Å². The second-order valence-corrected chi connectivity index (χ2v) is 10.3. The van der Waals surface area contributed by atoms with Gasteiger partial charge >= 0.3 is 0 Å². The highest BCUT2D eigenvalue weighted by Gasteiger charge is 2.36. The summed E-state index contributed by atoms with van der Waals surface area (Å²) in [7, 11) is 2.01. The number of H-pyrrole nitrogens is 2. The summed E-state index contributed by atoms with van der Waals surface area (Å²) in [5.41, 5.74) is 6.96. The summed E-state index contributed by atoms with van der Waals surface area (Å²) in [4.78, 5) is 25.9. The summed E-state index contributed by atoms with van der Waals surface area (Å²) in [6, 6.07) is 11.8. The molecule has 2 aromatic heterocycles. The van der Waals surface area contributed by atoms with Crippen LogP contribution in [0.4, 0.5) is 0 Å². The lowest BCUT2D eigenvalue weighted by Gasteiger charge is -2.39. The first-order chi connectivity index (χ1) is 17.9. The molecule has 0 bridgehead atoms. The zero-order chi connectivity index (χ0) is 25.7. The maximum atomic E-state index is 13.4. The molecule has 2 aliphatic rings. The minimum absolute atomic E-state index is 0.185. The summed E-state index contributed by atoms with van der Waals surface area (Å²) in [5.74, 6) is 1.19. The molecular formula is C28H33N7O2. The largest absolute Gasteiger partial charge is 0.508 e. The number of hydrogen-bond acceptors (Lipinski definition) is 6. The molecule has 4 aromatic rings. The minimum atomic E-state index is -0.208. The van der Waals surface area contributed by atoms with Gasteiger partial charge in [0.05, 0.1) is 22.9 Å². The van der Waals surface area contributed by atoms with Gasteiger partial charge in [-0.1, -0.05) is 19.1 Å². The van der Waals surface area contributed by atoms with E-state index in [1.54, 1.807) is 6.07 Å². The van der Waals surface area contributed by atoms with Crippen LogP contribution in [0.25, 0.3) is 33.5 Å². The third kappa shape index (κ3) is 4.18. The number of benzene rings is 2. The molecule has 4 heterocycles. The molecule has 0 radical (unpaired) electrons. The highest BCUT2D eigenvalue weighted by molar-refractivity contribution is 5.94. The number of rotatable bonds is 4. The third-order valence-corrected chi connectivity index (χ3v) is 7.83. The first-order valence-electron chi connectivity index (χ1n) is 13.0. The number of piperazine rings is 1. The van der Waals surface area contributed by atoms with Crippen molar-refractivity contribution in [2.45, 2.75) is 45.3 Å². The van der Waals surface area contributed by atoms with Crippen LogP contribution in [0.1, 0.15) is 30.8 Å². The quantitative estimate of drug-likeness (QED) is 0.343. The van der Waals surface area contributed by atoms with Gasteiger partial charge in [0.15, 0.2) is 5.82 Å². The molecule has 0 aliphatic carbocycles. The Balaban J connectivity index is 1.28. The number of aromatic hydroxyl groups is 1. The number of carbonyl (C=O) groups is 1. The molecule has 6 rings (SSSR count). The number of carbonyl (C=O) groups excluding carboxylic acids is 1. The van der Waals surface area contributed by atoms with Gasteiger partial charge in [0, 0.05) is 44.0 Å². The molecule has 0 spiro atoms. The van der Waals surface area contributed by atoms with E-state index in [2.05, 4.69) is 57.4 Å². The molecule has 0 unspecified atom stereocenters. The van der Waals surface area contributed by atoms with Gasteiger partial charge in [0.25, 0.3) is 0 Å². The summed E-state index contributed by atoms with van der Waals surface area (Å²) in [6.45, 7) is 7.25.